The van der Waals surface area contributed by atoms with Gasteiger partial charge in [-0.3, -0.25) is 14.8 Å². The van der Waals surface area contributed by atoms with Crippen LogP contribution in [0.2, 0.25) is 0 Å². The number of alkyl halides is 3. The maximum atomic E-state index is 13.7. The second kappa shape index (κ2) is 6.35. The van der Waals surface area contributed by atoms with Crippen LogP contribution in [0.3, 0.4) is 0 Å². The Morgan fingerprint density at radius 2 is 1.74 bits per heavy atom. The number of anilines is 1. The highest BCUT2D eigenvalue weighted by molar-refractivity contribution is 6.08. The van der Waals surface area contributed by atoms with Crippen LogP contribution in [0.25, 0.3) is 21.8 Å². The van der Waals surface area contributed by atoms with Crippen molar-refractivity contribution in [2.45, 2.75) is 6.18 Å². The number of benzene rings is 2. The van der Waals surface area contributed by atoms with E-state index >= 15 is 0 Å². The van der Waals surface area contributed by atoms with E-state index in [4.69, 9.17) is 0 Å². The molecule has 4 rings (SSSR count). The van der Waals surface area contributed by atoms with E-state index in [0.29, 0.717) is 5.69 Å². The molecule has 4 aromatic rings. The fourth-order valence-electron chi connectivity index (χ4n) is 2.97. The first-order valence-electron chi connectivity index (χ1n) is 8.04. The monoisotopic (exact) mass is 367 g/mol. The van der Waals surface area contributed by atoms with E-state index in [0.717, 1.165) is 17.1 Å². The summed E-state index contributed by atoms with van der Waals surface area (Å²) in [5.41, 5.74) is -0.237. The van der Waals surface area contributed by atoms with Gasteiger partial charge in [0.1, 0.15) is 0 Å². The molecule has 134 valence electrons. The maximum Gasteiger partial charge on any atom is 0.417 e. The first-order chi connectivity index (χ1) is 12.9. The van der Waals surface area contributed by atoms with Gasteiger partial charge in [0.05, 0.1) is 22.2 Å². The molecule has 0 aliphatic heterocycles. The molecule has 0 atom stereocenters. The Morgan fingerprint density at radius 1 is 0.926 bits per heavy atom. The smallest absolute Gasteiger partial charge is 0.322 e. The first kappa shape index (κ1) is 17.0. The summed E-state index contributed by atoms with van der Waals surface area (Å²) in [4.78, 5) is 20.8. The molecule has 2 heterocycles. The van der Waals surface area contributed by atoms with Crippen molar-refractivity contribution in [3.8, 4) is 0 Å². The average Bonchev–Trinajstić information content (AvgIpc) is 2.66. The molecule has 0 aliphatic rings. The third kappa shape index (κ3) is 3.19. The van der Waals surface area contributed by atoms with Crippen molar-refractivity contribution < 1.29 is 18.0 Å². The molecule has 1 N–H and O–H groups in total. The fraction of sp³-hybridized carbons (Fsp3) is 0.0500. The van der Waals surface area contributed by atoms with Gasteiger partial charge in [-0.15, -0.1) is 0 Å². The molecule has 4 nitrogen and oxygen atoms in total. The molecular formula is C20H12F3N3O. The highest BCUT2D eigenvalue weighted by Crippen LogP contribution is 2.37. The van der Waals surface area contributed by atoms with Crippen molar-refractivity contribution in [3.63, 3.8) is 0 Å². The number of amides is 1. The zero-order chi connectivity index (χ0) is 19.0. The summed E-state index contributed by atoms with van der Waals surface area (Å²) in [6.07, 6.45) is -2.09. The lowest BCUT2D eigenvalue weighted by molar-refractivity contribution is -0.136. The molecule has 2 aromatic carbocycles. The zero-order valence-corrected chi connectivity index (χ0v) is 13.8. The van der Waals surface area contributed by atoms with Gasteiger partial charge in [-0.25, -0.2) is 0 Å². The van der Waals surface area contributed by atoms with Crippen LogP contribution in [-0.2, 0) is 6.18 Å². The number of carbonyl (C=O) groups is 1. The van der Waals surface area contributed by atoms with Gasteiger partial charge in [-0.1, -0.05) is 24.3 Å². The van der Waals surface area contributed by atoms with Crippen molar-refractivity contribution in [2.75, 3.05) is 5.32 Å². The minimum Gasteiger partial charge on any atom is -0.322 e. The molecule has 27 heavy (non-hydrogen) atoms. The molecule has 0 unspecified atom stereocenters. The average molecular weight is 367 g/mol. The van der Waals surface area contributed by atoms with Crippen LogP contribution < -0.4 is 5.32 Å². The van der Waals surface area contributed by atoms with Crippen LogP contribution in [0.15, 0.2) is 67.0 Å². The quantitative estimate of drug-likeness (QED) is 0.539. The van der Waals surface area contributed by atoms with Gasteiger partial charge in [-0.05, 0) is 30.3 Å². The van der Waals surface area contributed by atoms with E-state index in [9.17, 15) is 18.0 Å². The van der Waals surface area contributed by atoms with Crippen molar-refractivity contribution in [1.82, 2.24) is 9.97 Å². The first-order valence-corrected chi connectivity index (χ1v) is 8.04. The van der Waals surface area contributed by atoms with E-state index in [1.165, 1.54) is 18.2 Å². The molecule has 0 saturated carbocycles. The molecular weight excluding hydrogens is 355 g/mol. The number of fused-ring (bicyclic) bond motifs is 2. The number of hydrogen-bond acceptors (Lipinski definition) is 3. The SMILES string of the molecule is O=C(Nc1ccc2ncccc2c1)c1cnc2ccccc2c1C(F)(F)F. The molecule has 0 aliphatic carbocycles. The Hall–Kier alpha value is -3.48. The Bertz CT molecular complexity index is 1170. The number of pyridine rings is 2. The lowest BCUT2D eigenvalue weighted by atomic mass is 10.0. The van der Waals surface area contributed by atoms with Crippen LogP contribution in [-0.4, -0.2) is 15.9 Å². The predicted octanol–water partition coefficient (Wildman–Crippen LogP) is 5.05. The van der Waals surface area contributed by atoms with Gasteiger partial charge >= 0.3 is 6.18 Å². The number of carbonyl (C=O) groups excluding carboxylic acids is 1. The van der Waals surface area contributed by atoms with Crippen molar-refractivity contribution in [1.29, 1.82) is 0 Å². The summed E-state index contributed by atoms with van der Waals surface area (Å²) in [7, 11) is 0. The van der Waals surface area contributed by atoms with E-state index in [1.807, 2.05) is 0 Å². The van der Waals surface area contributed by atoms with Gasteiger partial charge in [0.2, 0.25) is 0 Å². The second-order valence-electron chi connectivity index (χ2n) is 5.93. The molecule has 0 fully saturated rings. The van der Waals surface area contributed by atoms with Gasteiger partial charge in [-0.2, -0.15) is 13.2 Å². The van der Waals surface area contributed by atoms with E-state index < -0.39 is 23.2 Å². The Morgan fingerprint density at radius 3 is 2.56 bits per heavy atom. The van der Waals surface area contributed by atoms with Crippen LogP contribution in [0.1, 0.15) is 15.9 Å². The summed E-state index contributed by atoms with van der Waals surface area (Å²) in [5, 5.41) is 3.18. The Labute approximate surface area is 151 Å². The summed E-state index contributed by atoms with van der Waals surface area (Å²) in [5.74, 6) is -0.871. The normalized spacial score (nSPS) is 11.7. The van der Waals surface area contributed by atoms with E-state index in [2.05, 4.69) is 15.3 Å². The highest BCUT2D eigenvalue weighted by atomic mass is 19.4. The molecule has 0 bridgehead atoms. The van der Waals surface area contributed by atoms with Crippen molar-refractivity contribution >= 4 is 33.4 Å². The van der Waals surface area contributed by atoms with E-state index in [-0.39, 0.29) is 10.9 Å². The number of aromatic nitrogens is 2. The standard InChI is InChI=1S/C20H12F3N3O/c21-20(22,23)18-14-5-1-2-6-17(14)25-11-15(18)19(27)26-13-7-8-16-12(10-13)4-3-9-24-16/h1-11H,(H,26,27). The van der Waals surface area contributed by atoms with Gasteiger partial charge in [0, 0.05) is 28.9 Å². The molecule has 0 saturated heterocycles. The van der Waals surface area contributed by atoms with Gasteiger partial charge in [0.25, 0.3) is 5.91 Å². The molecule has 1 amide bonds. The maximum absolute atomic E-state index is 13.7. The highest BCUT2D eigenvalue weighted by Gasteiger charge is 2.37. The third-order valence-electron chi connectivity index (χ3n) is 4.16. The minimum absolute atomic E-state index is 0.111. The topological polar surface area (TPSA) is 54.9 Å². The van der Waals surface area contributed by atoms with Crippen molar-refractivity contribution in [2.24, 2.45) is 0 Å². The predicted molar refractivity (Wildman–Crippen MR) is 96.4 cm³/mol. The lowest BCUT2D eigenvalue weighted by Crippen LogP contribution is -2.19. The summed E-state index contributed by atoms with van der Waals surface area (Å²) in [6, 6.07) is 14.3. The molecule has 7 heteroatoms. The number of rotatable bonds is 2. The second-order valence-corrected chi connectivity index (χ2v) is 5.93. The van der Waals surface area contributed by atoms with Crippen LogP contribution in [0, 0.1) is 0 Å². The zero-order valence-electron chi connectivity index (χ0n) is 13.8. The lowest BCUT2D eigenvalue weighted by Gasteiger charge is -2.15. The molecule has 0 spiro atoms. The summed E-state index contributed by atoms with van der Waals surface area (Å²) in [6.45, 7) is 0. The van der Waals surface area contributed by atoms with Crippen LogP contribution in [0.5, 0.6) is 0 Å². The van der Waals surface area contributed by atoms with Gasteiger partial charge in [0.15, 0.2) is 0 Å². The minimum atomic E-state index is -4.69. The summed E-state index contributed by atoms with van der Waals surface area (Å²) < 4.78 is 41.0. The number of nitrogens with one attached hydrogen (secondary N) is 1. The molecule has 2 aromatic heterocycles. The van der Waals surface area contributed by atoms with Crippen LogP contribution in [0.4, 0.5) is 18.9 Å². The number of hydrogen-bond donors (Lipinski definition) is 1. The number of halogens is 3. The third-order valence-corrected chi connectivity index (χ3v) is 4.16. The van der Waals surface area contributed by atoms with Crippen LogP contribution >= 0.6 is 0 Å². The Kier molecular flexibility index (Phi) is 3.99. The Balaban J connectivity index is 1.77. The van der Waals surface area contributed by atoms with E-state index in [1.54, 1.807) is 42.6 Å². The number of para-hydroxylation sites is 1. The molecule has 0 radical (unpaired) electrons. The fourth-order valence-corrected chi connectivity index (χ4v) is 2.97. The summed E-state index contributed by atoms with van der Waals surface area (Å²) >= 11 is 0. The van der Waals surface area contributed by atoms with Gasteiger partial charge < -0.3 is 5.32 Å². The largest absolute Gasteiger partial charge is 0.417 e. The van der Waals surface area contributed by atoms with Crippen molar-refractivity contribution in [3.05, 3.63) is 78.1 Å². The number of nitrogens with zero attached hydrogens (tertiary/aromatic N) is 2.